The molecule has 0 bridgehead atoms. The van der Waals surface area contributed by atoms with Crippen LogP contribution in [0.25, 0.3) is 11.1 Å². The highest BCUT2D eigenvalue weighted by atomic mass is 16.5. The molecule has 1 atom stereocenters. The molecule has 2 amide bonds. The molecule has 0 spiro atoms. The molecule has 0 radical (unpaired) electrons. The van der Waals surface area contributed by atoms with Crippen molar-refractivity contribution in [3.8, 4) is 11.1 Å². The third-order valence-electron chi connectivity index (χ3n) is 5.54. The average molecular weight is 437 g/mol. The molecule has 168 valence electrons. The van der Waals surface area contributed by atoms with Crippen molar-refractivity contribution in [2.24, 2.45) is 5.92 Å². The number of nitrogens with zero attached hydrogens (tertiary/aromatic N) is 1. The second kappa shape index (κ2) is 10.1. The maximum atomic E-state index is 12.9. The van der Waals surface area contributed by atoms with Crippen LogP contribution in [-0.4, -0.2) is 53.7 Å². The first-order valence-electron chi connectivity index (χ1n) is 10.6. The van der Waals surface area contributed by atoms with Gasteiger partial charge in [0.25, 0.3) is 0 Å². The van der Waals surface area contributed by atoms with Crippen LogP contribution in [-0.2, 0) is 14.3 Å². The van der Waals surface area contributed by atoms with Crippen molar-refractivity contribution in [3.05, 3.63) is 72.3 Å². The van der Waals surface area contributed by atoms with Crippen LogP contribution < -0.4 is 5.32 Å². The van der Waals surface area contributed by atoms with E-state index in [9.17, 15) is 14.4 Å². The molecule has 1 aliphatic rings. The van der Waals surface area contributed by atoms with E-state index >= 15 is 0 Å². The van der Waals surface area contributed by atoms with E-state index < -0.39 is 30.6 Å². The Balaban J connectivity index is 1.69. The third kappa shape index (κ3) is 4.99. The fourth-order valence-electron chi connectivity index (χ4n) is 4.03. The van der Waals surface area contributed by atoms with Crippen molar-refractivity contribution in [1.82, 2.24) is 10.2 Å². The van der Waals surface area contributed by atoms with Crippen LogP contribution in [0.5, 0.6) is 0 Å². The summed E-state index contributed by atoms with van der Waals surface area (Å²) < 4.78 is 5.53. The number of nitrogens with one attached hydrogen (secondary N) is 1. The number of aliphatic carboxylic acids is 1. The summed E-state index contributed by atoms with van der Waals surface area (Å²) in [5.74, 6) is -1.98. The van der Waals surface area contributed by atoms with Gasteiger partial charge in [-0.25, -0.2) is 4.79 Å². The van der Waals surface area contributed by atoms with Crippen molar-refractivity contribution < 1.29 is 24.2 Å². The third-order valence-corrected chi connectivity index (χ3v) is 5.54. The fourth-order valence-corrected chi connectivity index (χ4v) is 4.03. The highest BCUT2D eigenvalue weighted by Gasteiger charge is 2.32. The highest BCUT2D eigenvalue weighted by Crippen LogP contribution is 2.44. The summed E-state index contributed by atoms with van der Waals surface area (Å²) in [7, 11) is 0. The molecule has 2 aromatic carbocycles. The molecule has 0 unspecified atom stereocenters. The van der Waals surface area contributed by atoms with E-state index in [1.54, 1.807) is 13.8 Å². The number of carbonyl (C=O) groups is 3. The van der Waals surface area contributed by atoms with Gasteiger partial charge < -0.3 is 20.1 Å². The first kappa shape index (κ1) is 23.1. The lowest BCUT2D eigenvalue weighted by Gasteiger charge is -2.28. The van der Waals surface area contributed by atoms with E-state index in [-0.39, 0.29) is 25.0 Å². The monoisotopic (exact) mass is 436 g/mol. The zero-order valence-corrected chi connectivity index (χ0v) is 18.3. The number of hydrogen-bond donors (Lipinski definition) is 2. The van der Waals surface area contributed by atoms with Crippen molar-refractivity contribution >= 4 is 18.0 Å². The molecule has 2 N–H and O–H groups in total. The number of fused-ring (bicyclic) bond motifs is 3. The van der Waals surface area contributed by atoms with Gasteiger partial charge in [0, 0.05) is 12.5 Å². The van der Waals surface area contributed by atoms with E-state index in [0.29, 0.717) is 0 Å². The second-order valence-corrected chi connectivity index (χ2v) is 8.09. The van der Waals surface area contributed by atoms with Gasteiger partial charge >= 0.3 is 12.1 Å². The van der Waals surface area contributed by atoms with Gasteiger partial charge in [-0.3, -0.25) is 9.59 Å². The largest absolute Gasteiger partial charge is 0.480 e. The summed E-state index contributed by atoms with van der Waals surface area (Å²) in [4.78, 5) is 37.7. The van der Waals surface area contributed by atoms with Crippen LogP contribution in [0.15, 0.2) is 61.2 Å². The van der Waals surface area contributed by atoms with Crippen LogP contribution in [0, 0.1) is 5.92 Å². The van der Waals surface area contributed by atoms with E-state index in [2.05, 4.69) is 24.0 Å². The maximum Gasteiger partial charge on any atom is 0.407 e. The van der Waals surface area contributed by atoms with Crippen molar-refractivity contribution in [2.45, 2.75) is 25.8 Å². The number of carboxylic acid groups (broad SMARTS) is 1. The van der Waals surface area contributed by atoms with Crippen molar-refractivity contribution in [2.75, 3.05) is 19.7 Å². The van der Waals surface area contributed by atoms with Gasteiger partial charge in [-0.05, 0) is 28.2 Å². The summed E-state index contributed by atoms with van der Waals surface area (Å²) in [6, 6.07) is 15.1. The molecule has 0 fully saturated rings. The minimum atomic E-state index is -1.14. The number of benzene rings is 2. The smallest absolute Gasteiger partial charge is 0.407 e. The fraction of sp³-hybridized carbons (Fsp3) is 0.320. The van der Waals surface area contributed by atoms with Crippen LogP contribution in [0.1, 0.15) is 30.9 Å². The number of ether oxygens (including phenoxy) is 1. The molecule has 32 heavy (non-hydrogen) atoms. The Morgan fingerprint density at radius 3 is 2.16 bits per heavy atom. The molecule has 0 saturated carbocycles. The molecule has 0 heterocycles. The Labute approximate surface area is 187 Å². The molecule has 7 heteroatoms. The molecule has 0 aromatic heterocycles. The van der Waals surface area contributed by atoms with E-state index in [0.717, 1.165) is 27.2 Å². The molecule has 0 aliphatic heterocycles. The van der Waals surface area contributed by atoms with Gasteiger partial charge in [0.1, 0.15) is 19.2 Å². The Bertz CT molecular complexity index is 971. The summed E-state index contributed by atoms with van der Waals surface area (Å²) in [6.07, 6.45) is 0.735. The lowest BCUT2D eigenvalue weighted by atomic mass is 9.98. The molecular weight excluding hydrogens is 408 g/mol. The first-order chi connectivity index (χ1) is 15.3. The minimum absolute atomic E-state index is 0.0702. The Kier molecular flexibility index (Phi) is 7.30. The van der Waals surface area contributed by atoms with Gasteiger partial charge in [0.2, 0.25) is 5.91 Å². The molecule has 0 saturated heterocycles. The second-order valence-electron chi connectivity index (χ2n) is 8.09. The quantitative estimate of drug-likeness (QED) is 0.585. The SMILES string of the molecule is C=CCN(CC(=O)O)C(=O)[C@H](NC(=O)OCC1c2ccccc2-c2ccccc21)C(C)C. The van der Waals surface area contributed by atoms with E-state index in [1.807, 2.05) is 36.4 Å². The van der Waals surface area contributed by atoms with Gasteiger partial charge in [-0.1, -0.05) is 68.5 Å². The number of hydrogen-bond acceptors (Lipinski definition) is 4. The minimum Gasteiger partial charge on any atom is -0.480 e. The van der Waals surface area contributed by atoms with Gasteiger partial charge in [-0.15, -0.1) is 6.58 Å². The Hall–Kier alpha value is -3.61. The van der Waals surface area contributed by atoms with Crippen LogP contribution in [0.2, 0.25) is 0 Å². The zero-order valence-electron chi connectivity index (χ0n) is 18.3. The molecule has 3 rings (SSSR count). The Morgan fingerprint density at radius 2 is 1.66 bits per heavy atom. The molecule has 1 aliphatic carbocycles. The number of alkyl carbamates (subject to hydrolysis) is 1. The van der Waals surface area contributed by atoms with Crippen LogP contribution in [0.4, 0.5) is 4.79 Å². The number of carboxylic acids is 1. The Morgan fingerprint density at radius 1 is 1.09 bits per heavy atom. The van der Waals surface area contributed by atoms with Crippen LogP contribution in [0.3, 0.4) is 0 Å². The lowest BCUT2D eigenvalue weighted by Crippen LogP contribution is -2.52. The summed E-state index contributed by atoms with van der Waals surface area (Å²) >= 11 is 0. The number of rotatable bonds is 9. The van der Waals surface area contributed by atoms with Crippen molar-refractivity contribution in [3.63, 3.8) is 0 Å². The summed E-state index contributed by atoms with van der Waals surface area (Å²) in [5.41, 5.74) is 4.44. The predicted molar refractivity (Wildman–Crippen MR) is 121 cm³/mol. The van der Waals surface area contributed by atoms with Gasteiger partial charge in [0.05, 0.1) is 0 Å². The van der Waals surface area contributed by atoms with Gasteiger partial charge in [0.15, 0.2) is 0 Å². The summed E-state index contributed by atoms with van der Waals surface area (Å²) in [5, 5.41) is 11.7. The number of carbonyl (C=O) groups excluding carboxylic acids is 2. The van der Waals surface area contributed by atoms with E-state index in [1.165, 1.54) is 6.08 Å². The van der Waals surface area contributed by atoms with Crippen LogP contribution >= 0.6 is 0 Å². The number of amides is 2. The zero-order chi connectivity index (χ0) is 23.3. The normalized spacial score (nSPS) is 13.1. The predicted octanol–water partition coefficient (Wildman–Crippen LogP) is 3.65. The van der Waals surface area contributed by atoms with E-state index in [4.69, 9.17) is 9.84 Å². The van der Waals surface area contributed by atoms with Gasteiger partial charge in [-0.2, -0.15) is 0 Å². The summed E-state index contributed by atoms with van der Waals surface area (Å²) in [6.45, 7) is 6.85. The maximum absolute atomic E-state index is 12.9. The topological polar surface area (TPSA) is 95.9 Å². The standard InChI is InChI=1S/C25H28N2O5/c1-4-13-27(14-22(28)29)24(30)23(16(2)3)26-25(31)32-15-21-19-11-7-5-9-17(19)18-10-6-8-12-20(18)21/h4-12,16,21,23H,1,13-15H2,2-3H3,(H,26,31)(H,28,29)/t23-/m1/s1. The molecule has 2 aromatic rings. The highest BCUT2D eigenvalue weighted by molar-refractivity contribution is 5.88. The van der Waals surface area contributed by atoms with Crippen molar-refractivity contribution in [1.29, 1.82) is 0 Å². The molecular formula is C25H28N2O5. The molecule has 7 nitrogen and oxygen atoms in total. The average Bonchev–Trinajstić information content (AvgIpc) is 3.08. The lowest BCUT2D eigenvalue weighted by molar-refractivity contribution is -0.145. The first-order valence-corrected chi connectivity index (χ1v) is 10.6.